The van der Waals surface area contributed by atoms with E-state index < -0.39 is 0 Å². The molecule has 0 aliphatic heterocycles. The average Bonchev–Trinajstić information content (AvgIpc) is 2.54. The minimum atomic E-state index is -0.331. The van der Waals surface area contributed by atoms with Gasteiger partial charge in [0.1, 0.15) is 17.6 Å². The maximum Gasteiger partial charge on any atom is 0.120 e. The van der Waals surface area contributed by atoms with Crippen LogP contribution in [0.5, 0.6) is 11.5 Å². The summed E-state index contributed by atoms with van der Waals surface area (Å²) in [6.07, 6.45) is 8.74. The second kappa shape index (κ2) is 11.1. The number of aliphatic hydroxyl groups excluding tert-OH is 1. The number of ether oxygens (including phenoxy) is 2. The summed E-state index contributed by atoms with van der Waals surface area (Å²) >= 11 is 0. The minimum absolute atomic E-state index is 0.168. The number of unbranched alkanes of at least 4 members (excludes halogenated alkanes) is 4. The number of rotatable bonds is 12. The fraction of sp³-hybridized carbons (Fsp3) is 0.579. The fourth-order valence-corrected chi connectivity index (χ4v) is 2.39. The fourth-order valence-electron chi connectivity index (χ4n) is 2.39. The van der Waals surface area contributed by atoms with Crippen LogP contribution >= 0.6 is 0 Å². The molecule has 22 heavy (non-hydrogen) atoms. The van der Waals surface area contributed by atoms with Crippen molar-refractivity contribution in [1.82, 2.24) is 0 Å². The molecule has 0 aliphatic rings. The highest BCUT2D eigenvalue weighted by atomic mass is 16.5. The van der Waals surface area contributed by atoms with Crippen LogP contribution < -0.4 is 9.47 Å². The molecule has 0 radical (unpaired) electrons. The van der Waals surface area contributed by atoms with E-state index in [1.165, 1.54) is 25.7 Å². The van der Waals surface area contributed by atoms with E-state index >= 15 is 0 Å². The molecule has 0 saturated carbocycles. The molecule has 0 amide bonds. The monoisotopic (exact) mass is 306 g/mol. The van der Waals surface area contributed by atoms with E-state index in [9.17, 15) is 5.11 Å². The van der Waals surface area contributed by atoms with Gasteiger partial charge in [0.15, 0.2) is 0 Å². The highest BCUT2D eigenvalue weighted by molar-refractivity contribution is 5.31. The average molecular weight is 306 g/mol. The maximum absolute atomic E-state index is 10.1. The first kappa shape index (κ1) is 18.6. The molecule has 0 saturated heterocycles. The van der Waals surface area contributed by atoms with Crippen molar-refractivity contribution in [2.45, 2.75) is 64.1 Å². The lowest BCUT2D eigenvalue weighted by Gasteiger charge is -2.19. The van der Waals surface area contributed by atoms with E-state index in [-0.39, 0.29) is 12.2 Å². The van der Waals surface area contributed by atoms with E-state index in [1.54, 1.807) is 13.2 Å². The van der Waals surface area contributed by atoms with Gasteiger partial charge in [0.2, 0.25) is 0 Å². The van der Waals surface area contributed by atoms with E-state index in [0.29, 0.717) is 6.42 Å². The van der Waals surface area contributed by atoms with E-state index in [1.807, 2.05) is 24.3 Å². The molecule has 2 atom stereocenters. The molecule has 1 aromatic carbocycles. The van der Waals surface area contributed by atoms with Gasteiger partial charge in [-0.2, -0.15) is 0 Å². The zero-order valence-corrected chi connectivity index (χ0v) is 14.0. The molecule has 1 aromatic rings. The minimum Gasteiger partial charge on any atom is -0.497 e. The van der Waals surface area contributed by atoms with Crippen LogP contribution in [0.2, 0.25) is 0 Å². The standard InChI is InChI=1S/C19H30O3/c1-4-6-7-8-9-10-16(20)15-17(5-2)22-19-13-11-18(21-3)12-14-19/h5,11-14,16-17,20H,2,4,6-10,15H2,1,3H3/t16-,17-/m0/s1. The predicted molar refractivity (Wildman–Crippen MR) is 91.6 cm³/mol. The van der Waals surface area contributed by atoms with Crippen LogP contribution in [-0.2, 0) is 0 Å². The largest absolute Gasteiger partial charge is 0.497 e. The molecule has 124 valence electrons. The zero-order valence-electron chi connectivity index (χ0n) is 14.0. The topological polar surface area (TPSA) is 38.7 Å². The van der Waals surface area contributed by atoms with E-state index in [2.05, 4.69) is 13.5 Å². The van der Waals surface area contributed by atoms with Gasteiger partial charge < -0.3 is 14.6 Å². The van der Waals surface area contributed by atoms with Crippen LogP contribution in [-0.4, -0.2) is 24.4 Å². The number of hydrogen-bond acceptors (Lipinski definition) is 3. The molecule has 1 rings (SSSR count). The molecule has 0 spiro atoms. The van der Waals surface area contributed by atoms with Gasteiger partial charge in [0.05, 0.1) is 13.2 Å². The number of hydrogen-bond donors (Lipinski definition) is 1. The van der Waals surface area contributed by atoms with Gasteiger partial charge in [-0.3, -0.25) is 0 Å². The Hall–Kier alpha value is -1.48. The Morgan fingerprint density at radius 2 is 1.73 bits per heavy atom. The summed E-state index contributed by atoms with van der Waals surface area (Å²) in [4.78, 5) is 0. The normalized spacial score (nSPS) is 13.4. The number of methoxy groups -OCH3 is 1. The SMILES string of the molecule is C=C[C@@H](C[C@@H](O)CCCCCCC)Oc1ccc(OC)cc1. The zero-order chi connectivity index (χ0) is 16.2. The Morgan fingerprint density at radius 3 is 2.32 bits per heavy atom. The lowest BCUT2D eigenvalue weighted by Crippen LogP contribution is -2.21. The van der Waals surface area contributed by atoms with Crippen LogP contribution in [0.25, 0.3) is 0 Å². The first-order chi connectivity index (χ1) is 10.7. The molecule has 0 aliphatic carbocycles. The molecule has 3 nitrogen and oxygen atoms in total. The summed E-state index contributed by atoms with van der Waals surface area (Å²) < 4.78 is 11.0. The lowest BCUT2D eigenvalue weighted by molar-refractivity contribution is 0.105. The Bertz CT molecular complexity index is 400. The summed E-state index contributed by atoms with van der Waals surface area (Å²) in [7, 11) is 1.64. The molecular weight excluding hydrogens is 276 g/mol. The van der Waals surface area contributed by atoms with Gasteiger partial charge in [-0.15, -0.1) is 0 Å². The van der Waals surface area contributed by atoms with Crippen molar-refractivity contribution in [3.8, 4) is 11.5 Å². The Kier molecular flexibility index (Phi) is 9.40. The Balaban J connectivity index is 2.32. The molecule has 0 fully saturated rings. The summed E-state index contributed by atoms with van der Waals surface area (Å²) in [5.74, 6) is 1.57. The summed E-state index contributed by atoms with van der Waals surface area (Å²) in [5, 5.41) is 10.1. The lowest BCUT2D eigenvalue weighted by atomic mass is 10.0. The third-order valence-corrected chi connectivity index (χ3v) is 3.76. The summed E-state index contributed by atoms with van der Waals surface area (Å²) in [5.41, 5.74) is 0. The van der Waals surface area contributed by atoms with Gasteiger partial charge in [0.25, 0.3) is 0 Å². The second-order valence-electron chi connectivity index (χ2n) is 5.66. The summed E-state index contributed by atoms with van der Waals surface area (Å²) in [6.45, 7) is 6.01. The predicted octanol–water partition coefficient (Wildman–Crippen LogP) is 4.74. The molecule has 0 unspecified atom stereocenters. The van der Waals surface area contributed by atoms with Crippen LogP contribution in [0.1, 0.15) is 51.9 Å². The van der Waals surface area contributed by atoms with Crippen LogP contribution in [0.4, 0.5) is 0 Å². The highest BCUT2D eigenvalue weighted by Gasteiger charge is 2.13. The molecule has 1 N–H and O–H groups in total. The van der Waals surface area contributed by atoms with Crippen molar-refractivity contribution in [2.75, 3.05) is 7.11 Å². The van der Waals surface area contributed by atoms with Gasteiger partial charge in [-0.25, -0.2) is 0 Å². The van der Waals surface area contributed by atoms with Gasteiger partial charge in [-0.1, -0.05) is 51.7 Å². The molecule has 3 heteroatoms. The highest BCUT2D eigenvalue weighted by Crippen LogP contribution is 2.20. The van der Waals surface area contributed by atoms with E-state index in [0.717, 1.165) is 24.3 Å². The van der Waals surface area contributed by atoms with Crippen LogP contribution in [0.15, 0.2) is 36.9 Å². The smallest absolute Gasteiger partial charge is 0.120 e. The van der Waals surface area contributed by atoms with Crippen molar-refractivity contribution in [3.05, 3.63) is 36.9 Å². The third kappa shape index (κ3) is 7.51. The van der Waals surface area contributed by atoms with Crippen molar-refractivity contribution in [1.29, 1.82) is 0 Å². The molecule has 0 heterocycles. The van der Waals surface area contributed by atoms with Crippen molar-refractivity contribution < 1.29 is 14.6 Å². The summed E-state index contributed by atoms with van der Waals surface area (Å²) in [6, 6.07) is 7.46. The Morgan fingerprint density at radius 1 is 1.09 bits per heavy atom. The maximum atomic E-state index is 10.1. The van der Waals surface area contributed by atoms with Gasteiger partial charge >= 0.3 is 0 Å². The van der Waals surface area contributed by atoms with Crippen LogP contribution in [0.3, 0.4) is 0 Å². The molecule has 0 aromatic heterocycles. The van der Waals surface area contributed by atoms with Crippen molar-refractivity contribution in [3.63, 3.8) is 0 Å². The first-order valence-corrected chi connectivity index (χ1v) is 8.31. The van der Waals surface area contributed by atoms with Gasteiger partial charge in [-0.05, 0) is 30.7 Å². The molecular formula is C19H30O3. The first-order valence-electron chi connectivity index (χ1n) is 8.31. The van der Waals surface area contributed by atoms with Crippen LogP contribution in [0, 0.1) is 0 Å². The number of benzene rings is 1. The van der Waals surface area contributed by atoms with Crippen molar-refractivity contribution in [2.24, 2.45) is 0 Å². The Labute approximate surface area is 135 Å². The third-order valence-electron chi connectivity index (χ3n) is 3.76. The second-order valence-corrected chi connectivity index (χ2v) is 5.66. The quantitative estimate of drug-likeness (QED) is 0.448. The van der Waals surface area contributed by atoms with E-state index in [4.69, 9.17) is 9.47 Å². The molecule has 0 bridgehead atoms. The number of aliphatic hydroxyl groups is 1. The van der Waals surface area contributed by atoms with Gasteiger partial charge in [0, 0.05) is 6.42 Å². The van der Waals surface area contributed by atoms with Crippen molar-refractivity contribution >= 4 is 0 Å².